The van der Waals surface area contributed by atoms with E-state index in [4.69, 9.17) is 15.2 Å². The van der Waals surface area contributed by atoms with Crippen molar-refractivity contribution in [3.05, 3.63) is 78.0 Å². The number of nitrogens with two attached hydrogens (primary N) is 1. The molecule has 0 spiro atoms. The van der Waals surface area contributed by atoms with E-state index in [0.717, 1.165) is 5.56 Å². The van der Waals surface area contributed by atoms with Gasteiger partial charge >= 0.3 is 6.09 Å². The van der Waals surface area contributed by atoms with Crippen molar-refractivity contribution in [3.63, 3.8) is 0 Å². The monoisotopic (exact) mass is 360 g/mol. The molecule has 3 rings (SSSR count). The number of primary amides is 1. The first-order valence-electron chi connectivity index (χ1n) is 8.05. The Morgan fingerprint density at radius 1 is 1.11 bits per heavy atom. The van der Waals surface area contributed by atoms with Gasteiger partial charge in [-0.3, -0.25) is 0 Å². The highest BCUT2D eigenvalue weighted by Gasteiger charge is 2.07. The van der Waals surface area contributed by atoms with Crippen molar-refractivity contribution >= 4 is 17.5 Å². The van der Waals surface area contributed by atoms with E-state index in [1.54, 1.807) is 24.3 Å². The van der Waals surface area contributed by atoms with Gasteiger partial charge in [-0.05, 0) is 23.8 Å². The second kappa shape index (κ2) is 8.36. The molecule has 0 unspecified atom stereocenters. The third-order valence-electron chi connectivity index (χ3n) is 3.57. The van der Waals surface area contributed by atoms with Gasteiger partial charge in [0.25, 0.3) is 0 Å². The molecule has 3 N–H and O–H groups in total. The average Bonchev–Trinajstić information content (AvgIpc) is 2.67. The number of aromatic nitrogens is 1. The molecule has 0 saturated carbocycles. The third kappa shape index (κ3) is 4.96. The Morgan fingerprint density at radius 3 is 2.63 bits per heavy atom. The Balaban J connectivity index is 1.77. The zero-order valence-corrected chi connectivity index (χ0v) is 14.3. The molecule has 0 saturated heterocycles. The number of hydrogen-bond donors (Lipinski definition) is 2. The number of benzene rings is 2. The normalized spacial score (nSPS) is 9.89. The van der Waals surface area contributed by atoms with Crippen molar-refractivity contribution in [3.8, 4) is 17.7 Å². The van der Waals surface area contributed by atoms with Crippen molar-refractivity contribution in [2.75, 3.05) is 5.32 Å². The number of hydrogen-bond acceptors (Lipinski definition) is 6. The number of pyridine rings is 1. The molecule has 3 aromatic rings. The van der Waals surface area contributed by atoms with Crippen LogP contribution in [0.25, 0.3) is 0 Å². The maximum atomic E-state index is 10.8. The summed E-state index contributed by atoms with van der Waals surface area (Å²) in [5.41, 5.74) is 7.77. The largest absolute Gasteiger partial charge is 0.487 e. The molecule has 0 aliphatic heterocycles. The summed E-state index contributed by atoms with van der Waals surface area (Å²) in [6, 6.07) is 20.2. The molecule has 134 valence electrons. The lowest BCUT2D eigenvalue weighted by Crippen LogP contribution is -2.16. The van der Waals surface area contributed by atoms with Crippen LogP contribution in [0.4, 0.5) is 16.2 Å². The van der Waals surface area contributed by atoms with Crippen molar-refractivity contribution in [2.24, 2.45) is 5.73 Å². The standard InChI is InChI=1S/C20H16N4O3/c21-12-15-6-7-16(10-18(15)26-13-14-4-2-1-3-5-14)24-17-8-9-23-19(11-17)27-20(22)25/h1-11H,13H2,(H2,22,25)(H,23,24). The van der Waals surface area contributed by atoms with Crippen LogP contribution in [0.15, 0.2) is 66.9 Å². The van der Waals surface area contributed by atoms with Gasteiger partial charge in [0.2, 0.25) is 5.88 Å². The van der Waals surface area contributed by atoms with Crippen LogP contribution in [-0.2, 0) is 6.61 Å². The van der Waals surface area contributed by atoms with Crippen LogP contribution in [0, 0.1) is 11.3 Å². The van der Waals surface area contributed by atoms with Gasteiger partial charge in [0.15, 0.2) is 0 Å². The van der Waals surface area contributed by atoms with Crippen LogP contribution in [-0.4, -0.2) is 11.1 Å². The van der Waals surface area contributed by atoms with Gasteiger partial charge in [-0.25, -0.2) is 9.78 Å². The quantitative estimate of drug-likeness (QED) is 0.693. The van der Waals surface area contributed by atoms with Crippen LogP contribution in [0.3, 0.4) is 0 Å². The summed E-state index contributed by atoms with van der Waals surface area (Å²) >= 11 is 0. The lowest BCUT2D eigenvalue weighted by Gasteiger charge is -2.12. The minimum Gasteiger partial charge on any atom is -0.487 e. The lowest BCUT2D eigenvalue weighted by molar-refractivity contribution is 0.209. The summed E-state index contributed by atoms with van der Waals surface area (Å²) in [6.07, 6.45) is 0.548. The first kappa shape index (κ1) is 17.8. The van der Waals surface area contributed by atoms with Crippen LogP contribution in [0.2, 0.25) is 0 Å². The molecule has 7 heteroatoms. The van der Waals surface area contributed by atoms with Gasteiger partial charge in [-0.2, -0.15) is 5.26 Å². The minimum absolute atomic E-state index is 0.0849. The summed E-state index contributed by atoms with van der Waals surface area (Å²) in [4.78, 5) is 14.7. The number of carbonyl (C=O) groups excluding carboxylic acids is 1. The maximum absolute atomic E-state index is 10.8. The second-order valence-electron chi connectivity index (χ2n) is 5.53. The number of rotatable bonds is 6. The number of ether oxygens (including phenoxy) is 2. The molecule has 0 atom stereocenters. The number of nitrogens with zero attached hydrogens (tertiary/aromatic N) is 2. The van der Waals surface area contributed by atoms with Crippen LogP contribution < -0.4 is 20.5 Å². The molecule has 7 nitrogen and oxygen atoms in total. The summed E-state index contributed by atoms with van der Waals surface area (Å²) in [7, 11) is 0. The topological polar surface area (TPSA) is 110 Å². The van der Waals surface area contributed by atoms with Crippen LogP contribution in [0.5, 0.6) is 11.6 Å². The Hall–Kier alpha value is -4.05. The molecule has 1 amide bonds. The van der Waals surface area contributed by atoms with Gasteiger partial charge in [0.1, 0.15) is 18.4 Å². The molecule has 0 radical (unpaired) electrons. The van der Waals surface area contributed by atoms with Gasteiger partial charge in [-0.15, -0.1) is 0 Å². The highest BCUT2D eigenvalue weighted by molar-refractivity contribution is 5.69. The summed E-state index contributed by atoms with van der Waals surface area (Å²) in [6.45, 7) is 0.352. The molecule has 0 fully saturated rings. The summed E-state index contributed by atoms with van der Waals surface area (Å²) < 4.78 is 10.6. The van der Waals surface area contributed by atoms with E-state index in [2.05, 4.69) is 16.4 Å². The third-order valence-corrected chi connectivity index (χ3v) is 3.57. The number of nitrogens with one attached hydrogen (secondary N) is 1. The predicted octanol–water partition coefficient (Wildman–Crippen LogP) is 3.73. The molecule has 27 heavy (non-hydrogen) atoms. The molecule has 0 aliphatic carbocycles. The number of amides is 1. The lowest BCUT2D eigenvalue weighted by atomic mass is 10.2. The summed E-state index contributed by atoms with van der Waals surface area (Å²) in [5.74, 6) is 0.552. The molecule has 1 aromatic heterocycles. The number of carbonyl (C=O) groups is 1. The van der Waals surface area contributed by atoms with Crippen LogP contribution in [0.1, 0.15) is 11.1 Å². The fourth-order valence-electron chi connectivity index (χ4n) is 2.36. The maximum Gasteiger partial charge on any atom is 0.411 e. The van der Waals surface area contributed by atoms with Crippen molar-refractivity contribution in [2.45, 2.75) is 6.61 Å². The van der Waals surface area contributed by atoms with E-state index >= 15 is 0 Å². The van der Waals surface area contributed by atoms with Gasteiger partial charge in [-0.1, -0.05) is 30.3 Å². The average molecular weight is 360 g/mol. The first-order chi connectivity index (χ1) is 13.1. The smallest absolute Gasteiger partial charge is 0.411 e. The van der Waals surface area contributed by atoms with Gasteiger partial charge in [0, 0.05) is 29.7 Å². The van der Waals surface area contributed by atoms with E-state index in [-0.39, 0.29) is 5.88 Å². The SMILES string of the molecule is N#Cc1ccc(Nc2ccnc(OC(N)=O)c2)cc1OCc1ccccc1. The van der Waals surface area contributed by atoms with Crippen molar-refractivity contribution in [1.82, 2.24) is 4.98 Å². The highest BCUT2D eigenvalue weighted by Crippen LogP contribution is 2.27. The second-order valence-corrected chi connectivity index (χ2v) is 5.53. The van der Waals surface area contributed by atoms with Crippen molar-refractivity contribution in [1.29, 1.82) is 5.26 Å². The Labute approximate surface area is 156 Å². The zero-order chi connectivity index (χ0) is 19.1. The van der Waals surface area contributed by atoms with E-state index in [9.17, 15) is 10.1 Å². The highest BCUT2D eigenvalue weighted by atomic mass is 16.6. The Bertz CT molecular complexity index is 984. The molecule has 1 heterocycles. The zero-order valence-electron chi connectivity index (χ0n) is 14.3. The first-order valence-corrected chi connectivity index (χ1v) is 8.05. The van der Waals surface area contributed by atoms with E-state index in [1.807, 2.05) is 30.3 Å². The molecule has 2 aromatic carbocycles. The van der Waals surface area contributed by atoms with E-state index in [0.29, 0.717) is 29.3 Å². The van der Waals surface area contributed by atoms with Gasteiger partial charge in [0.05, 0.1) is 5.56 Å². The Kier molecular flexibility index (Phi) is 5.50. The molecular weight excluding hydrogens is 344 g/mol. The Morgan fingerprint density at radius 2 is 1.89 bits per heavy atom. The predicted molar refractivity (Wildman–Crippen MR) is 99.7 cm³/mol. The van der Waals surface area contributed by atoms with E-state index in [1.165, 1.54) is 12.3 Å². The molecular formula is C20H16N4O3. The molecule has 0 aliphatic rings. The summed E-state index contributed by atoms with van der Waals surface area (Å²) in [5, 5.41) is 12.4. The number of anilines is 2. The number of nitriles is 1. The minimum atomic E-state index is -0.936. The van der Waals surface area contributed by atoms with Crippen molar-refractivity contribution < 1.29 is 14.3 Å². The fraction of sp³-hybridized carbons (Fsp3) is 0.0500. The fourth-order valence-corrected chi connectivity index (χ4v) is 2.36. The van der Waals surface area contributed by atoms with Crippen LogP contribution >= 0.6 is 0 Å². The molecule has 0 bridgehead atoms. The van der Waals surface area contributed by atoms with Gasteiger partial charge < -0.3 is 20.5 Å². The van der Waals surface area contributed by atoms with E-state index < -0.39 is 6.09 Å².